The summed E-state index contributed by atoms with van der Waals surface area (Å²) in [7, 11) is 0. The van der Waals surface area contributed by atoms with Crippen molar-refractivity contribution >= 4 is 0 Å². The molecular formula is C15H22N2O. The third kappa shape index (κ3) is 2.57. The summed E-state index contributed by atoms with van der Waals surface area (Å²) in [5, 5.41) is 0. The molecule has 0 saturated carbocycles. The number of ether oxygens (including phenoxy) is 1. The van der Waals surface area contributed by atoms with Crippen molar-refractivity contribution in [2.45, 2.75) is 38.1 Å². The molecule has 3 nitrogen and oxygen atoms in total. The molecule has 2 rings (SSSR count). The van der Waals surface area contributed by atoms with Crippen molar-refractivity contribution in [2.24, 2.45) is 5.84 Å². The first-order valence-electron chi connectivity index (χ1n) is 6.51. The van der Waals surface area contributed by atoms with E-state index in [1.807, 2.05) is 6.07 Å². The number of hydrazine groups is 1. The van der Waals surface area contributed by atoms with Crippen LogP contribution in [0.5, 0.6) is 0 Å². The van der Waals surface area contributed by atoms with Crippen LogP contribution >= 0.6 is 0 Å². The summed E-state index contributed by atoms with van der Waals surface area (Å²) in [5.74, 6) is 6.73. The van der Waals surface area contributed by atoms with Crippen LogP contribution in [0.2, 0.25) is 0 Å². The van der Waals surface area contributed by atoms with Gasteiger partial charge in [0, 0.05) is 5.41 Å². The van der Waals surface area contributed by atoms with Gasteiger partial charge in [-0.3, -0.25) is 5.84 Å². The molecule has 3 N–H and O–H groups in total. The zero-order valence-corrected chi connectivity index (χ0v) is 11.1. The van der Waals surface area contributed by atoms with Crippen LogP contribution in [-0.4, -0.2) is 12.6 Å². The molecule has 3 heteroatoms. The Morgan fingerprint density at radius 3 is 2.56 bits per heavy atom. The first kappa shape index (κ1) is 13.1. The minimum absolute atomic E-state index is 0.000185. The van der Waals surface area contributed by atoms with Crippen molar-refractivity contribution in [1.82, 2.24) is 5.43 Å². The molecule has 0 aliphatic carbocycles. The van der Waals surface area contributed by atoms with Crippen LogP contribution in [0.25, 0.3) is 0 Å². The maximum Gasteiger partial charge on any atom is 0.111 e. The Hall–Kier alpha value is -1.32. The molecule has 0 aromatic heterocycles. The number of nitrogens with two attached hydrogens (primary N) is 1. The monoisotopic (exact) mass is 246 g/mol. The van der Waals surface area contributed by atoms with Crippen LogP contribution in [0.1, 0.15) is 32.3 Å². The summed E-state index contributed by atoms with van der Waals surface area (Å²) in [6.07, 6.45) is 4.31. The van der Waals surface area contributed by atoms with Crippen molar-refractivity contribution < 1.29 is 4.74 Å². The molecule has 0 fully saturated rings. The van der Waals surface area contributed by atoms with Crippen LogP contribution in [-0.2, 0) is 10.2 Å². The fraction of sp³-hybridized carbons (Fsp3) is 0.467. The molecule has 1 aromatic rings. The Balaban J connectivity index is 2.28. The van der Waals surface area contributed by atoms with Gasteiger partial charge in [-0.2, -0.15) is 0 Å². The molecule has 0 saturated heterocycles. The molecule has 1 aromatic carbocycles. The first-order chi connectivity index (χ1) is 8.66. The summed E-state index contributed by atoms with van der Waals surface area (Å²) in [5.41, 5.74) is 4.06. The van der Waals surface area contributed by atoms with Gasteiger partial charge in [-0.25, -0.2) is 5.43 Å². The summed E-state index contributed by atoms with van der Waals surface area (Å²) < 4.78 is 5.76. The summed E-state index contributed by atoms with van der Waals surface area (Å²) in [6, 6.07) is 10.4. The number of hydrogen-bond acceptors (Lipinski definition) is 3. The Morgan fingerprint density at radius 1 is 1.28 bits per heavy atom. The molecule has 98 valence electrons. The largest absolute Gasteiger partial charge is 0.497 e. The maximum atomic E-state index is 5.76. The number of nitrogens with one attached hydrogen (secondary N) is 1. The zero-order valence-electron chi connectivity index (χ0n) is 11.1. The number of rotatable bonds is 4. The second-order valence-electron chi connectivity index (χ2n) is 5.28. The lowest BCUT2D eigenvalue weighted by Gasteiger charge is -2.36. The van der Waals surface area contributed by atoms with Gasteiger partial charge < -0.3 is 4.74 Å². The average molecular weight is 246 g/mol. The quantitative estimate of drug-likeness (QED) is 0.634. The molecule has 0 spiro atoms. The highest BCUT2D eigenvalue weighted by Crippen LogP contribution is 2.32. The van der Waals surface area contributed by atoms with Crippen LogP contribution in [0.4, 0.5) is 0 Å². The zero-order chi connectivity index (χ0) is 13.0. The van der Waals surface area contributed by atoms with Gasteiger partial charge in [0.1, 0.15) is 5.76 Å². The molecule has 1 aliphatic rings. The van der Waals surface area contributed by atoms with Gasteiger partial charge >= 0.3 is 0 Å². The summed E-state index contributed by atoms with van der Waals surface area (Å²) in [6.45, 7) is 5.16. The van der Waals surface area contributed by atoms with E-state index in [0.717, 1.165) is 25.2 Å². The molecular weight excluding hydrogens is 224 g/mol. The lowest BCUT2D eigenvalue weighted by Crippen LogP contribution is -2.50. The average Bonchev–Trinajstić information content (AvgIpc) is 2.41. The number of hydrogen-bond donors (Lipinski definition) is 2. The van der Waals surface area contributed by atoms with E-state index in [1.165, 1.54) is 5.56 Å². The lowest BCUT2D eigenvalue weighted by molar-refractivity contribution is 0.147. The smallest absolute Gasteiger partial charge is 0.111 e. The van der Waals surface area contributed by atoms with Crippen molar-refractivity contribution in [3.8, 4) is 0 Å². The Labute approximate surface area is 109 Å². The van der Waals surface area contributed by atoms with Crippen molar-refractivity contribution in [2.75, 3.05) is 6.61 Å². The second-order valence-corrected chi connectivity index (χ2v) is 5.28. The van der Waals surface area contributed by atoms with Crippen molar-refractivity contribution in [1.29, 1.82) is 0 Å². The van der Waals surface area contributed by atoms with Gasteiger partial charge in [-0.1, -0.05) is 44.2 Å². The Morgan fingerprint density at radius 2 is 2.00 bits per heavy atom. The topological polar surface area (TPSA) is 47.3 Å². The van der Waals surface area contributed by atoms with E-state index in [2.05, 4.69) is 49.6 Å². The first-order valence-corrected chi connectivity index (χ1v) is 6.51. The van der Waals surface area contributed by atoms with Gasteiger partial charge in [-0.05, 0) is 24.5 Å². The number of benzene rings is 1. The predicted molar refractivity (Wildman–Crippen MR) is 73.8 cm³/mol. The molecule has 0 radical (unpaired) electrons. The second kappa shape index (κ2) is 5.55. The van der Waals surface area contributed by atoms with E-state index >= 15 is 0 Å². The summed E-state index contributed by atoms with van der Waals surface area (Å²) >= 11 is 0. The van der Waals surface area contributed by atoms with Gasteiger partial charge in [0.15, 0.2) is 0 Å². The lowest BCUT2D eigenvalue weighted by atomic mass is 9.76. The van der Waals surface area contributed by atoms with Gasteiger partial charge in [-0.15, -0.1) is 0 Å². The molecule has 1 aliphatic heterocycles. The van der Waals surface area contributed by atoms with Gasteiger partial charge in [0.05, 0.1) is 12.6 Å². The standard InChI is InChI=1S/C15H22N2O/c1-15(2,12-8-4-3-5-9-12)14(17-16)13-10-6-7-11-18-13/h3-5,8-10,14,17H,6-7,11,16H2,1-2H3. The fourth-order valence-corrected chi connectivity index (χ4v) is 2.46. The van der Waals surface area contributed by atoms with Crippen molar-refractivity contribution in [3.05, 3.63) is 47.7 Å². The maximum absolute atomic E-state index is 5.76. The van der Waals surface area contributed by atoms with Gasteiger partial charge in [0.2, 0.25) is 0 Å². The molecule has 1 unspecified atom stereocenters. The van der Waals surface area contributed by atoms with E-state index in [-0.39, 0.29) is 11.5 Å². The van der Waals surface area contributed by atoms with E-state index in [1.54, 1.807) is 0 Å². The Bertz CT molecular complexity index is 412. The van der Waals surface area contributed by atoms with Gasteiger partial charge in [0.25, 0.3) is 0 Å². The summed E-state index contributed by atoms with van der Waals surface area (Å²) in [4.78, 5) is 0. The van der Waals surface area contributed by atoms with Crippen LogP contribution in [0.15, 0.2) is 42.2 Å². The third-order valence-electron chi connectivity index (χ3n) is 3.65. The fourth-order valence-electron chi connectivity index (χ4n) is 2.46. The highest BCUT2D eigenvalue weighted by Gasteiger charge is 2.34. The molecule has 0 amide bonds. The minimum atomic E-state index is -0.112. The minimum Gasteiger partial charge on any atom is -0.497 e. The van der Waals surface area contributed by atoms with Crippen LogP contribution < -0.4 is 11.3 Å². The highest BCUT2D eigenvalue weighted by atomic mass is 16.5. The van der Waals surface area contributed by atoms with E-state index < -0.39 is 0 Å². The van der Waals surface area contributed by atoms with Crippen LogP contribution in [0, 0.1) is 0 Å². The number of allylic oxidation sites excluding steroid dienone is 1. The third-order valence-corrected chi connectivity index (χ3v) is 3.65. The normalized spacial score (nSPS) is 17.8. The SMILES string of the molecule is CC(C)(c1ccccc1)C(NN)C1=CCCCO1. The highest BCUT2D eigenvalue weighted by molar-refractivity contribution is 5.29. The van der Waals surface area contributed by atoms with E-state index in [0.29, 0.717) is 0 Å². The predicted octanol–water partition coefficient (Wildman–Crippen LogP) is 2.49. The molecule has 0 bridgehead atoms. The molecule has 1 heterocycles. The van der Waals surface area contributed by atoms with Crippen molar-refractivity contribution in [3.63, 3.8) is 0 Å². The van der Waals surface area contributed by atoms with E-state index in [4.69, 9.17) is 10.6 Å². The van der Waals surface area contributed by atoms with Crippen LogP contribution in [0.3, 0.4) is 0 Å². The molecule has 1 atom stereocenters. The Kier molecular flexibility index (Phi) is 4.04. The van der Waals surface area contributed by atoms with E-state index in [9.17, 15) is 0 Å². The molecule has 18 heavy (non-hydrogen) atoms.